The molecule has 1 aromatic carbocycles. The van der Waals surface area contributed by atoms with E-state index >= 15 is 0 Å². The van der Waals surface area contributed by atoms with Gasteiger partial charge in [0.05, 0.1) is 6.10 Å². The second-order valence-electron chi connectivity index (χ2n) is 7.74. The number of hydrogen-bond donors (Lipinski definition) is 1. The summed E-state index contributed by atoms with van der Waals surface area (Å²) in [7, 11) is 0. The Balaban J connectivity index is 0.00000341. The molecule has 0 aromatic heterocycles. The van der Waals surface area contributed by atoms with Crippen molar-refractivity contribution in [3.05, 3.63) is 34.6 Å². The molecule has 0 aliphatic carbocycles. The fourth-order valence-corrected chi connectivity index (χ4v) is 4.02. The molecule has 2 aliphatic heterocycles. The molecule has 0 radical (unpaired) electrons. The minimum Gasteiger partial charge on any atom is -0.381 e. The van der Waals surface area contributed by atoms with Crippen molar-refractivity contribution in [2.75, 3.05) is 59.1 Å². The summed E-state index contributed by atoms with van der Waals surface area (Å²) in [5, 5.41) is 3.89. The number of nitrogens with one attached hydrogen (secondary N) is 1. The number of ether oxygens (including phenoxy) is 2. The number of piperazine rings is 1. The van der Waals surface area contributed by atoms with Crippen molar-refractivity contribution in [1.82, 2.24) is 15.1 Å². The van der Waals surface area contributed by atoms with Crippen LogP contribution in [-0.2, 0) is 16.0 Å². The van der Waals surface area contributed by atoms with E-state index in [1.165, 1.54) is 6.07 Å². The molecule has 2 saturated heterocycles. The summed E-state index contributed by atoms with van der Waals surface area (Å²) in [4.78, 5) is 9.31. The molecule has 0 bridgehead atoms. The van der Waals surface area contributed by atoms with Gasteiger partial charge in [-0.05, 0) is 38.3 Å². The molecule has 1 aromatic rings. The molecule has 3 rings (SSSR count). The van der Waals surface area contributed by atoms with Gasteiger partial charge in [-0.1, -0.05) is 17.7 Å². The standard InChI is InChI=1S/C22H34ClFN4O2.HI/c1-2-25-22(26-9-4-14-30-18-7-15-29-16-8-18)28-12-10-27(11-13-28)17-19-20(23)5-3-6-21(19)24;/h3,5-6,18H,2,4,7-17H2,1H3,(H,25,26);1H. The van der Waals surface area contributed by atoms with Crippen molar-refractivity contribution in [1.29, 1.82) is 0 Å². The van der Waals surface area contributed by atoms with Crippen molar-refractivity contribution in [3.63, 3.8) is 0 Å². The normalized spacial score (nSPS) is 18.7. The number of aliphatic imine (C=N–C) groups is 1. The van der Waals surface area contributed by atoms with E-state index in [1.54, 1.807) is 12.1 Å². The highest BCUT2D eigenvalue weighted by Gasteiger charge is 2.21. The van der Waals surface area contributed by atoms with E-state index in [0.717, 1.165) is 84.3 Å². The van der Waals surface area contributed by atoms with Crippen molar-refractivity contribution >= 4 is 41.5 Å². The van der Waals surface area contributed by atoms with E-state index in [0.29, 0.717) is 23.2 Å². The third-order valence-electron chi connectivity index (χ3n) is 5.54. The van der Waals surface area contributed by atoms with Gasteiger partial charge in [0.2, 0.25) is 0 Å². The molecule has 0 saturated carbocycles. The second kappa shape index (κ2) is 14.5. The number of rotatable bonds is 8. The van der Waals surface area contributed by atoms with Crippen molar-refractivity contribution < 1.29 is 13.9 Å². The summed E-state index contributed by atoms with van der Waals surface area (Å²) >= 11 is 6.18. The number of benzene rings is 1. The quantitative estimate of drug-likeness (QED) is 0.224. The van der Waals surface area contributed by atoms with Crippen molar-refractivity contribution in [2.24, 2.45) is 4.99 Å². The van der Waals surface area contributed by atoms with E-state index in [9.17, 15) is 4.39 Å². The monoisotopic (exact) mass is 568 g/mol. The fourth-order valence-electron chi connectivity index (χ4n) is 3.79. The number of halogens is 3. The number of guanidine groups is 1. The Hall–Kier alpha value is -0.680. The van der Waals surface area contributed by atoms with Crippen LogP contribution in [0.15, 0.2) is 23.2 Å². The zero-order chi connectivity index (χ0) is 21.2. The average Bonchev–Trinajstić information content (AvgIpc) is 2.77. The lowest BCUT2D eigenvalue weighted by Crippen LogP contribution is -2.52. The van der Waals surface area contributed by atoms with Gasteiger partial charge < -0.3 is 19.7 Å². The van der Waals surface area contributed by atoms with Gasteiger partial charge in [0.1, 0.15) is 5.82 Å². The van der Waals surface area contributed by atoms with Crippen LogP contribution in [0, 0.1) is 5.82 Å². The Morgan fingerprint density at radius 2 is 2.00 bits per heavy atom. The molecule has 9 heteroatoms. The van der Waals surface area contributed by atoms with Gasteiger partial charge in [0.25, 0.3) is 0 Å². The van der Waals surface area contributed by atoms with Crippen LogP contribution in [0.1, 0.15) is 31.7 Å². The molecule has 0 unspecified atom stereocenters. The molecule has 31 heavy (non-hydrogen) atoms. The van der Waals surface area contributed by atoms with Gasteiger partial charge in [-0.15, -0.1) is 24.0 Å². The average molecular weight is 569 g/mol. The van der Waals surface area contributed by atoms with Gasteiger partial charge >= 0.3 is 0 Å². The molecule has 0 spiro atoms. The van der Waals surface area contributed by atoms with Gasteiger partial charge in [-0.2, -0.15) is 0 Å². The van der Waals surface area contributed by atoms with Crippen LogP contribution < -0.4 is 5.32 Å². The van der Waals surface area contributed by atoms with Crippen LogP contribution in [-0.4, -0.2) is 81.0 Å². The molecular weight excluding hydrogens is 534 g/mol. The first-order chi connectivity index (χ1) is 14.7. The third-order valence-corrected chi connectivity index (χ3v) is 5.89. The molecular formula is C22H35ClFIN4O2. The third kappa shape index (κ3) is 8.64. The zero-order valence-electron chi connectivity index (χ0n) is 18.3. The Bertz CT molecular complexity index is 663. The van der Waals surface area contributed by atoms with E-state index in [1.807, 2.05) is 0 Å². The van der Waals surface area contributed by atoms with E-state index < -0.39 is 0 Å². The summed E-state index contributed by atoms with van der Waals surface area (Å²) < 4.78 is 25.4. The fraction of sp³-hybridized carbons (Fsp3) is 0.682. The predicted octanol–water partition coefficient (Wildman–Crippen LogP) is 3.77. The van der Waals surface area contributed by atoms with Crippen LogP contribution in [0.25, 0.3) is 0 Å². The van der Waals surface area contributed by atoms with Gasteiger partial charge in [-0.3, -0.25) is 9.89 Å². The minimum absolute atomic E-state index is 0. The summed E-state index contributed by atoms with van der Waals surface area (Å²) in [6.45, 7) is 9.97. The maximum absolute atomic E-state index is 14.1. The summed E-state index contributed by atoms with van der Waals surface area (Å²) in [6.07, 6.45) is 3.24. The molecule has 2 heterocycles. The molecule has 0 amide bonds. The first kappa shape index (κ1) is 26.6. The van der Waals surface area contributed by atoms with Gasteiger partial charge in [0, 0.05) is 76.2 Å². The van der Waals surface area contributed by atoms with E-state index in [2.05, 4.69) is 22.0 Å². The molecule has 6 nitrogen and oxygen atoms in total. The van der Waals surface area contributed by atoms with Crippen molar-refractivity contribution in [3.8, 4) is 0 Å². The molecule has 1 N–H and O–H groups in total. The number of hydrogen-bond acceptors (Lipinski definition) is 4. The highest BCUT2D eigenvalue weighted by Crippen LogP contribution is 2.21. The molecule has 2 aliphatic rings. The summed E-state index contributed by atoms with van der Waals surface area (Å²) in [6, 6.07) is 4.87. The van der Waals surface area contributed by atoms with Gasteiger partial charge in [0.15, 0.2) is 5.96 Å². The lowest BCUT2D eigenvalue weighted by Gasteiger charge is -2.36. The topological polar surface area (TPSA) is 49.3 Å². The first-order valence-corrected chi connectivity index (χ1v) is 11.4. The largest absolute Gasteiger partial charge is 0.381 e. The first-order valence-electron chi connectivity index (χ1n) is 11.0. The Morgan fingerprint density at radius 1 is 1.26 bits per heavy atom. The maximum Gasteiger partial charge on any atom is 0.194 e. The number of nitrogens with zero attached hydrogens (tertiary/aromatic N) is 3. The highest BCUT2D eigenvalue weighted by atomic mass is 127. The van der Waals surface area contributed by atoms with Crippen LogP contribution in [0.3, 0.4) is 0 Å². The zero-order valence-corrected chi connectivity index (χ0v) is 21.4. The Morgan fingerprint density at radius 3 is 2.68 bits per heavy atom. The van der Waals surface area contributed by atoms with Crippen LogP contribution >= 0.6 is 35.6 Å². The van der Waals surface area contributed by atoms with E-state index in [4.69, 9.17) is 26.1 Å². The van der Waals surface area contributed by atoms with Crippen molar-refractivity contribution in [2.45, 2.75) is 38.8 Å². The lowest BCUT2D eigenvalue weighted by molar-refractivity contribution is -0.0318. The molecule has 176 valence electrons. The molecule has 0 atom stereocenters. The SMILES string of the molecule is CCNC(=NCCCOC1CCOCC1)N1CCN(Cc2c(F)cccc2Cl)CC1.I. The Kier molecular flexibility index (Phi) is 12.4. The molecule has 2 fully saturated rings. The van der Waals surface area contributed by atoms with Gasteiger partial charge in [-0.25, -0.2) is 4.39 Å². The lowest BCUT2D eigenvalue weighted by atomic mass is 10.1. The second-order valence-corrected chi connectivity index (χ2v) is 8.14. The minimum atomic E-state index is -0.234. The highest BCUT2D eigenvalue weighted by molar-refractivity contribution is 14.0. The smallest absolute Gasteiger partial charge is 0.194 e. The van der Waals surface area contributed by atoms with Crippen LogP contribution in [0.2, 0.25) is 5.02 Å². The van der Waals surface area contributed by atoms with Crippen LogP contribution in [0.5, 0.6) is 0 Å². The Labute approximate surface area is 207 Å². The predicted molar refractivity (Wildman–Crippen MR) is 134 cm³/mol. The summed E-state index contributed by atoms with van der Waals surface area (Å²) in [5.41, 5.74) is 0.581. The maximum atomic E-state index is 14.1. The van der Waals surface area contributed by atoms with Crippen LogP contribution in [0.4, 0.5) is 4.39 Å². The summed E-state index contributed by atoms with van der Waals surface area (Å²) in [5.74, 6) is 0.718. The van der Waals surface area contributed by atoms with E-state index in [-0.39, 0.29) is 29.8 Å².